The molecule has 1 aromatic heterocycles. The molecule has 2 atom stereocenters. The number of nitrogens with zero attached hydrogens (tertiary/aromatic N) is 3. The number of methoxy groups -OCH3 is 2. The molecule has 6 heteroatoms. The predicted molar refractivity (Wildman–Crippen MR) is 72.5 cm³/mol. The van der Waals surface area contributed by atoms with Gasteiger partial charge >= 0.3 is 0 Å². The predicted octanol–water partition coefficient (Wildman–Crippen LogP) is 1.26. The second-order valence-electron chi connectivity index (χ2n) is 4.81. The lowest BCUT2D eigenvalue weighted by atomic mass is 9.88. The SMILES string of the molecule is CCC(C)(C(O)c1ncc(OC)nc1OC)N(C)C. The lowest BCUT2D eigenvalue weighted by molar-refractivity contribution is -0.00358. The number of hydrogen-bond donors (Lipinski definition) is 1. The van der Waals surface area contributed by atoms with E-state index in [2.05, 4.69) is 9.97 Å². The number of ether oxygens (including phenoxy) is 2. The summed E-state index contributed by atoms with van der Waals surface area (Å²) in [7, 11) is 6.86. The molecule has 0 bridgehead atoms. The van der Waals surface area contributed by atoms with Crippen LogP contribution in [0.1, 0.15) is 32.1 Å². The molecule has 0 aliphatic heterocycles. The summed E-state index contributed by atoms with van der Waals surface area (Å²) in [5.74, 6) is 0.643. The van der Waals surface area contributed by atoms with Gasteiger partial charge in [-0.25, -0.2) is 4.98 Å². The van der Waals surface area contributed by atoms with Crippen molar-refractivity contribution in [1.82, 2.24) is 14.9 Å². The van der Waals surface area contributed by atoms with Gasteiger partial charge in [0.1, 0.15) is 11.8 Å². The van der Waals surface area contributed by atoms with Crippen molar-refractivity contribution in [2.24, 2.45) is 0 Å². The summed E-state index contributed by atoms with van der Waals surface area (Å²) in [5.41, 5.74) is -0.0300. The maximum absolute atomic E-state index is 10.6. The zero-order chi connectivity index (χ0) is 14.6. The van der Waals surface area contributed by atoms with Crippen LogP contribution in [0.3, 0.4) is 0 Å². The van der Waals surface area contributed by atoms with E-state index in [9.17, 15) is 5.11 Å². The highest BCUT2D eigenvalue weighted by Gasteiger charge is 2.37. The fraction of sp³-hybridized carbons (Fsp3) is 0.692. The van der Waals surface area contributed by atoms with Crippen molar-refractivity contribution in [2.45, 2.75) is 31.9 Å². The molecule has 1 rings (SSSR count). The molecule has 0 amide bonds. The largest absolute Gasteiger partial charge is 0.480 e. The Morgan fingerprint density at radius 1 is 1.37 bits per heavy atom. The molecule has 0 aromatic carbocycles. The van der Waals surface area contributed by atoms with E-state index in [0.717, 1.165) is 6.42 Å². The Balaban J connectivity index is 3.21. The van der Waals surface area contributed by atoms with Crippen LogP contribution in [0, 0.1) is 0 Å². The lowest BCUT2D eigenvalue weighted by Crippen LogP contribution is -2.46. The van der Waals surface area contributed by atoms with E-state index < -0.39 is 11.6 Å². The van der Waals surface area contributed by atoms with Gasteiger partial charge < -0.3 is 19.5 Å². The molecule has 6 nitrogen and oxygen atoms in total. The van der Waals surface area contributed by atoms with E-state index in [1.54, 1.807) is 0 Å². The van der Waals surface area contributed by atoms with E-state index in [4.69, 9.17) is 9.47 Å². The van der Waals surface area contributed by atoms with Crippen molar-refractivity contribution < 1.29 is 14.6 Å². The van der Waals surface area contributed by atoms with E-state index in [1.807, 2.05) is 32.8 Å². The molecule has 0 aliphatic rings. The fourth-order valence-corrected chi connectivity index (χ4v) is 1.85. The summed E-state index contributed by atoms with van der Waals surface area (Å²) < 4.78 is 10.2. The summed E-state index contributed by atoms with van der Waals surface area (Å²) >= 11 is 0. The first-order chi connectivity index (χ1) is 8.90. The highest BCUT2D eigenvalue weighted by atomic mass is 16.5. The molecular weight excluding hydrogens is 246 g/mol. The minimum atomic E-state index is -0.805. The third kappa shape index (κ3) is 2.96. The first-order valence-electron chi connectivity index (χ1n) is 6.21. The lowest BCUT2D eigenvalue weighted by Gasteiger charge is -2.39. The summed E-state index contributed by atoms with van der Waals surface area (Å²) in [5, 5.41) is 10.6. The number of aliphatic hydroxyl groups is 1. The zero-order valence-corrected chi connectivity index (χ0v) is 12.5. The normalized spacial score (nSPS) is 16.0. The highest BCUT2D eigenvalue weighted by molar-refractivity contribution is 5.27. The van der Waals surface area contributed by atoms with Crippen LogP contribution in [0.15, 0.2) is 6.20 Å². The summed E-state index contributed by atoms with van der Waals surface area (Å²) in [6.45, 7) is 4.00. The van der Waals surface area contributed by atoms with Crippen LogP contribution in [-0.2, 0) is 0 Å². The average molecular weight is 269 g/mol. The molecule has 108 valence electrons. The Hall–Kier alpha value is -1.40. The third-order valence-electron chi connectivity index (χ3n) is 3.73. The van der Waals surface area contributed by atoms with E-state index in [1.165, 1.54) is 20.4 Å². The zero-order valence-electron chi connectivity index (χ0n) is 12.5. The standard InChI is InChI=1S/C13H23N3O3/c1-7-13(2,16(3)4)11(17)10-12(19-6)15-9(18-5)8-14-10/h8,11,17H,7H2,1-6H3. The molecule has 1 N–H and O–H groups in total. The van der Waals surface area contributed by atoms with Crippen molar-refractivity contribution >= 4 is 0 Å². The second-order valence-corrected chi connectivity index (χ2v) is 4.81. The molecule has 0 radical (unpaired) electrons. The summed E-state index contributed by atoms with van der Waals surface area (Å²) in [6.07, 6.45) is 1.44. The van der Waals surface area contributed by atoms with Gasteiger partial charge in [0.25, 0.3) is 0 Å². The maximum Gasteiger partial charge on any atom is 0.241 e. The number of aromatic nitrogens is 2. The molecule has 1 aromatic rings. The maximum atomic E-state index is 10.6. The van der Waals surface area contributed by atoms with Crippen LogP contribution in [0.4, 0.5) is 0 Å². The number of aliphatic hydroxyl groups excluding tert-OH is 1. The molecule has 2 unspecified atom stereocenters. The van der Waals surface area contributed by atoms with Crippen LogP contribution in [-0.4, -0.2) is 53.8 Å². The minimum absolute atomic E-state index is 0.286. The molecule has 1 heterocycles. The Labute approximate surface area is 114 Å². The summed E-state index contributed by atoms with van der Waals surface area (Å²) in [6, 6.07) is 0. The Kier molecular flexibility index (Phi) is 5.08. The molecule has 0 saturated heterocycles. The third-order valence-corrected chi connectivity index (χ3v) is 3.73. The molecule has 0 fully saturated rings. The van der Waals surface area contributed by atoms with Crippen LogP contribution in [0.5, 0.6) is 11.8 Å². The summed E-state index contributed by atoms with van der Waals surface area (Å²) in [4.78, 5) is 10.4. The van der Waals surface area contributed by atoms with E-state index in [-0.39, 0.29) is 5.88 Å². The van der Waals surface area contributed by atoms with Crippen molar-refractivity contribution in [2.75, 3.05) is 28.3 Å². The Morgan fingerprint density at radius 2 is 2.00 bits per heavy atom. The Bertz CT molecular complexity index is 426. The van der Waals surface area contributed by atoms with Crippen molar-refractivity contribution in [3.8, 4) is 11.8 Å². The quantitative estimate of drug-likeness (QED) is 0.838. The highest BCUT2D eigenvalue weighted by Crippen LogP contribution is 2.35. The smallest absolute Gasteiger partial charge is 0.241 e. The first kappa shape index (κ1) is 15.7. The van der Waals surface area contributed by atoms with Crippen LogP contribution >= 0.6 is 0 Å². The van der Waals surface area contributed by atoms with E-state index in [0.29, 0.717) is 11.6 Å². The molecule has 0 saturated carbocycles. The van der Waals surface area contributed by atoms with E-state index >= 15 is 0 Å². The van der Waals surface area contributed by atoms with Crippen molar-refractivity contribution in [3.05, 3.63) is 11.9 Å². The van der Waals surface area contributed by atoms with Gasteiger partial charge in [-0.05, 0) is 27.4 Å². The fourth-order valence-electron chi connectivity index (χ4n) is 1.85. The monoisotopic (exact) mass is 269 g/mol. The number of likely N-dealkylation sites (N-methyl/N-ethyl adjacent to an activating group) is 1. The Morgan fingerprint density at radius 3 is 2.42 bits per heavy atom. The van der Waals surface area contributed by atoms with Gasteiger partial charge in [0.15, 0.2) is 0 Å². The number of hydrogen-bond acceptors (Lipinski definition) is 6. The van der Waals surface area contributed by atoms with Gasteiger partial charge in [-0.2, -0.15) is 4.98 Å². The first-order valence-corrected chi connectivity index (χ1v) is 6.21. The molecular formula is C13H23N3O3. The topological polar surface area (TPSA) is 67.7 Å². The van der Waals surface area contributed by atoms with Gasteiger partial charge in [-0.3, -0.25) is 0 Å². The van der Waals surface area contributed by atoms with Gasteiger partial charge in [0.05, 0.1) is 20.4 Å². The van der Waals surface area contributed by atoms with Crippen LogP contribution in [0.25, 0.3) is 0 Å². The van der Waals surface area contributed by atoms with Crippen LogP contribution < -0.4 is 9.47 Å². The van der Waals surface area contributed by atoms with Gasteiger partial charge in [0.2, 0.25) is 11.8 Å². The number of rotatable bonds is 6. The van der Waals surface area contributed by atoms with Gasteiger partial charge in [-0.1, -0.05) is 6.92 Å². The molecule has 0 spiro atoms. The second kappa shape index (κ2) is 6.16. The minimum Gasteiger partial charge on any atom is -0.480 e. The van der Waals surface area contributed by atoms with Crippen molar-refractivity contribution in [1.29, 1.82) is 0 Å². The van der Waals surface area contributed by atoms with Gasteiger partial charge in [-0.15, -0.1) is 0 Å². The van der Waals surface area contributed by atoms with Crippen molar-refractivity contribution in [3.63, 3.8) is 0 Å². The molecule has 19 heavy (non-hydrogen) atoms. The average Bonchev–Trinajstić information content (AvgIpc) is 2.44. The van der Waals surface area contributed by atoms with Gasteiger partial charge in [0, 0.05) is 5.54 Å². The van der Waals surface area contributed by atoms with Crippen LogP contribution in [0.2, 0.25) is 0 Å². The molecule has 0 aliphatic carbocycles.